The number of aromatic nitrogens is 1. The van der Waals surface area contributed by atoms with Crippen LogP contribution < -0.4 is 5.32 Å². The summed E-state index contributed by atoms with van der Waals surface area (Å²) in [6.07, 6.45) is 8.23. The molecule has 0 unspecified atom stereocenters. The van der Waals surface area contributed by atoms with Gasteiger partial charge in [-0.05, 0) is 55.6 Å². The Morgan fingerprint density at radius 1 is 1.21 bits per heavy atom. The van der Waals surface area contributed by atoms with E-state index in [0.717, 1.165) is 12.3 Å². The molecule has 0 bridgehead atoms. The molecule has 0 radical (unpaired) electrons. The standard InChI is InChI=1S/C17H28N2/c1-5-14-12-16(10-11-18-14)19-15-8-6-13(7-9-15)17(2,3)4/h10-13,15H,5-9H2,1-4H3,(H,18,19). The first-order valence-corrected chi connectivity index (χ1v) is 7.70. The average molecular weight is 260 g/mol. The quantitative estimate of drug-likeness (QED) is 0.855. The SMILES string of the molecule is CCc1cc(NC2CCC(C(C)(C)C)CC2)ccn1. The fraction of sp³-hybridized carbons (Fsp3) is 0.706. The highest BCUT2D eigenvalue weighted by Gasteiger charge is 2.29. The van der Waals surface area contributed by atoms with Gasteiger partial charge in [-0.25, -0.2) is 0 Å². The van der Waals surface area contributed by atoms with Crippen molar-refractivity contribution in [1.82, 2.24) is 4.98 Å². The van der Waals surface area contributed by atoms with Crippen LogP contribution in [-0.2, 0) is 6.42 Å². The molecule has 1 saturated carbocycles. The van der Waals surface area contributed by atoms with Gasteiger partial charge in [-0.15, -0.1) is 0 Å². The van der Waals surface area contributed by atoms with Crippen molar-refractivity contribution in [2.45, 2.75) is 65.8 Å². The van der Waals surface area contributed by atoms with Gasteiger partial charge >= 0.3 is 0 Å². The highest BCUT2D eigenvalue weighted by atomic mass is 14.9. The van der Waals surface area contributed by atoms with Crippen molar-refractivity contribution >= 4 is 5.69 Å². The van der Waals surface area contributed by atoms with Crippen molar-refractivity contribution in [1.29, 1.82) is 0 Å². The lowest BCUT2D eigenvalue weighted by Gasteiger charge is -2.37. The third-order valence-corrected chi connectivity index (χ3v) is 4.50. The predicted octanol–water partition coefficient (Wildman–Crippen LogP) is 4.66. The maximum absolute atomic E-state index is 4.36. The summed E-state index contributed by atoms with van der Waals surface area (Å²) in [7, 11) is 0. The lowest BCUT2D eigenvalue weighted by molar-refractivity contribution is 0.173. The zero-order valence-corrected chi connectivity index (χ0v) is 12.9. The molecule has 0 atom stereocenters. The Bertz CT molecular complexity index is 398. The van der Waals surface area contributed by atoms with E-state index in [-0.39, 0.29) is 0 Å². The van der Waals surface area contributed by atoms with Gasteiger partial charge < -0.3 is 5.32 Å². The van der Waals surface area contributed by atoms with E-state index in [1.807, 2.05) is 6.20 Å². The molecule has 0 aromatic carbocycles. The number of anilines is 1. The molecule has 1 fully saturated rings. The molecule has 2 heteroatoms. The van der Waals surface area contributed by atoms with Crippen molar-refractivity contribution in [3.05, 3.63) is 24.0 Å². The molecule has 1 aromatic rings. The summed E-state index contributed by atoms with van der Waals surface area (Å²) >= 11 is 0. The van der Waals surface area contributed by atoms with E-state index < -0.39 is 0 Å². The summed E-state index contributed by atoms with van der Waals surface area (Å²) in [5, 5.41) is 3.69. The van der Waals surface area contributed by atoms with Crippen LogP contribution in [0, 0.1) is 11.3 Å². The molecule has 1 aliphatic rings. The maximum Gasteiger partial charge on any atom is 0.0421 e. The molecule has 0 spiro atoms. The second-order valence-electron chi connectivity index (χ2n) is 6.95. The summed E-state index contributed by atoms with van der Waals surface area (Å²) < 4.78 is 0. The van der Waals surface area contributed by atoms with Crippen LogP contribution in [0.2, 0.25) is 0 Å². The first-order valence-electron chi connectivity index (χ1n) is 7.70. The van der Waals surface area contributed by atoms with Crippen molar-refractivity contribution in [2.75, 3.05) is 5.32 Å². The average Bonchev–Trinajstić information content (AvgIpc) is 2.38. The van der Waals surface area contributed by atoms with Gasteiger partial charge in [-0.2, -0.15) is 0 Å². The number of aryl methyl sites for hydroxylation is 1. The molecule has 0 aliphatic heterocycles. The monoisotopic (exact) mass is 260 g/mol. The summed E-state index contributed by atoms with van der Waals surface area (Å²) in [5.74, 6) is 0.884. The number of pyridine rings is 1. The number of hydrogen-bond acceptors (Lipinski definition) is 2. The second kappa shape index (κ2) is 5.94. The van der Waals surface area contributed by atoms with Crippen molar-refractivity contribution in [3.63, 3.8) is 0 Å². The first kappa shape index (κ1) is 14.4. The number of rotatable bonds is 3. The summed E-state index contributed by atoms with van der Waals surface area (Å²) in [6, 6.07) is 4.93. The molecule has 1 aromatic heterocycles. The maximum atomic E-state index is 4.36. The minimum absolute atomic E-state index is 0.469. The lowest BCUT2D eigenvalue weighted by Crippen LogP contribution is -2.31. The molecule has 2 rings (SSSR count). The van der Waals surface area contributed by atoms with Gasteiger partial charge in [-0.1, -0.05) is 27.7 Å². The lowest BCUT2D eigenvalue weighted by atomic mass is 9.71. The number of nitrogens with one attached hydrogen (secondary N) is 1. The zero-order chi connectivity index (χ0) is 13.9. The molecular formula is C17H28N2. The van der Waals surface area contributed by atoms with Gasteiger partial charge in [0.25, 0.3) is 0 Å². The molecule has 19 heavy (non-hydrogen) atoms. The van der Waals surface area contributed by atoms with E-state index >= 15 is 0 Å². The van der Waals surface area contributed by atoms with E-state index in [9.17, 15) is 0 Å². The van der Waals surface area contributed by atoms with Crippen LogP contribution in [0.3, 0.4) is 0 Å². The molecule has 1 aliphatic carbocycles. The van der Waals surface area contributed by atoms with E-state index in [2.05, 4.69) is 50.1 Å². The fourth-order valence-electron chi connectivity index (χ4n) is 3.10. The second-order valence-corrected chi connectivity index (χ2v) is 6.95. The third-order valence-electron chi connectivity index (χ3n) is 4.50. The van der Waals surface area contributed by atoms with Crippen LogP contribution in [0.25, 0.3) is 0 Å². The van der Waals surface area contributed by atoms with Gasteiger partial charge in [0.2, 0.25) is 0 Å². The Labute approximate surface area is 118 Å². The molecule has 106 valence electrons. The van der Waals surface area contributed by atoms with Crippen molar-refractivity contribution in [2.24, 2.45) is 11.3 Å². The highest BCUT2D eigenvalue weighted by molar-refractivity contribution is 5.44. The van der Waals surface area contributed by atoms with Crippen molar-refractivity contribution < 1.29 is 0 Å². The molecular weight excluding hydrogens is 232 g/mol. The molecule has 1 N–H and O–H groups in total. The van der Waals surface area contributed by atoms with Gasteiger partial charge in [-0.3, -0.25) is 4.98 Å². The van der Waals surface area contributed by atoms with Crippen LogP contribution in [0.4, 0.5) is 5.69 Å². The molecule has 0 amide bonds. The Morgan fingerprint density at radius 2 is 1.89 bits per heavy atom. The summed E-state index contributed by atoms with van der Waals surface area (Å²) in [5.41, 5.74) is 2.89. The minimum Gasteiger partial charge on any atom is -0.382 e. The smallest absolute Gasteiger partial charge is 0.0421 e. The Hall–Kier alpha value is -1.05. The van der Waals surface area contributed by atoms with E-state index in [1.165, 1.54) is 37.1 Å². The normalized spacial score (nSPS) is 24.2. The van der Waals surface area contributed by atoms with E-state index in [1.54, 1.807) is 0 Å². The van der Waals surface area contributed by atoms with Crippen LogP contribution in [0.15, 0.2) is 18.3 Å². The van der Waals surface area contributed by atoms with Crippen LogP contribution >= 0.6 is 0 Å². The van der Waals surface area contributed by atoms with E-state index in [4.69, 9.17) is 0 Å². The summed E-state index contributed by atoms with van der Waals surface area (Å²) in [4.78, 5) is 4.36. The van der Waals surface area contributed by atoms with Gasteiger partial charge in [0, 0.05) is 23.6 Å². The fourth-order valence-corrected chi connectivity index (χ4v) is 3.10. The van der Waals surface area contributed by atoms with Crippen LogP contribution in [0.5, 0.6) is 0 Å². The Morgan fingerprint density at radius 3 is 2.47 bits per heavy atom. The third kappa shape index (κ3) is 3.95. The van der Waals surface area contributed by atoms with Gasteiger partial charge in [0.05, 0.1) is 0 Å². The number of hydrogen-bond donors (Lipinski definition) is 1. The predicted molar refractivity (Wildman–Crippen MR) is 82.4 cm³/mol. The largest absolute Gasteiger partial charge is 0.382 e. The highest BCUT2D eigenvalue weighted by Crippen LogP contribution is 2.38. The van der Waals surface area contributed by atoms with Crippen LogP contribution in [-0.4, -0.2) is 11.0 Å². The van der Waals surface area contributed by atoms with Gasteiger partial charge in [0.1, 0.15) is 0 Å². The topological polar surface area (TPSA) is 24.9 Å². The molecule has 0 saturated heterocycles. The zero-order valence-electron chi connectivity index (χ0n) is 12.9. The Balaban J connectivity index is 1.88. The van der Waals surface area contributed by atoms with Gasteiger partial charge in [0.15, 0.2) is 0 Å². The minimum atomic E-state index is 0.469. The molecule has 2 nitrogen and oxygen atoms in total. The first-order chi connectivity index (χ1) is 8.99. The number of nitrogens with zero attached hydrogens (tertiary/aromatic N) is 1. The van der Waals surface area contributed by atoms with Crippen LogP contribution in [0.1, 0.15) is 59.1 Å². The van der Waals surface area contributed by atoms with E-state index in [0.29, 0.717) is 11.5 Å². The summed E-state index contributed by atoms with van der Waals surface area (Å²) in [6.45, 7) is 9.28. The van der Waals surface area contributed by atoms with Crippen molar-refractivity contribution in [3.8, 4) is 0 Å². The Kier molecular flexibility index (Phi) is 4.49. The molecule has 1 heterocycles.